The Morgan fingerprint density at radius 2 is 1.64 bits per heavy atom. The fourth-order valence-electron chi connectivity index (χ4n) is 0.912. The minimum Gasteiger partial charge on any atom is -0.512 e. The molecule has 1 aromatic rings. The summed E-state index contributed by atoms with van der Waals surface area (Å²) >= 11 is 3.10. The molecule has 0 saturated heterocycles. The van der Waals surface area contributed by atoms with Crippen LogP contribution in [0.5, 0.6) is 5.75 Å². The minimum atomic E-state index is -0.910. The van der Waals surface area contributed by atoms with Crippen molar-refractivity contribution < 1.29 is 13.5 Å². The van der Waals surface area contributed by atoms with Gasteiger partial charge in [0.1, 0.15) is 29.3 Å². The van der Waals surface area contributed by atoms with E-state index in [4.69, 9.17) is 4.74 Å². The normalized spacial score (nSPS) is 11.4. The van der Waals surface area contributed by atoms with E-state index in [0.29, 0.717) is 10.2 Å². The van der Waals surface area contributed by atoms with Gasteiger partial charge in [0, 0.05) is 11.4 Å². The van der Waals surface area contributed by atoms with Gasteiger partial charge in [0.2, 0.25) is 0 Å². The molecule has 0 aliphatic heterocycles. The maximum atomic E-state index is 12.9. The SMILES string of the molecule is BC(B)(B)Oc1cc(F)c(F)cc1Br. The molecule has 0 unspecified atom stereocenters. The van der Waals surface area contributed by atoms with Gasteiger partial charge in [0.25, 0.3) is 0 Å². The smallest absolute Gasteiger partial charge is 0.162 e. The van der Waals surface area contributed by atoms with Crippen LogP contribution in [0.1, 0.15) is 0 Å². The molecule has 0 N–H and O–H groups in total. The summed E-state index contributed by atoms with van der Waals surface area (Å²) in [5.41, 5.74) is 0. The summed E-state index contributed by atoms with van der Waals surface area (Å²) in [6, 6.07) is 2.08. The summed E-state index contributed by atoms with van der Waals surface area (Å²) in [5.74, 6) is -1.50. The molecule has 0 atom stereocenters. The lowest BCUT2D eigenvalue weighted by Gasteiger charge is -2.22. The number of hydrogen-bond donors (Lipinski definition) is 0. The molecule has 0 fully saturated rings. The quantitative estimate of drug-likeness (QED) is 0.519. The van der Waals surface area contributed by atoms with Crippen LogP contribution in [-0.4, -0.2) is 28.8 Å². The highest BCUT2D eigenvalue weighted by molar-refractivity contribution is 9.10. The third-order valence-electron chi connectivity index (χ3n) is 1.39. The minimum absolute atomic E-state index is 0.302. The fraction of sp³-hybridized carbons (Fsp3) is 0.143. The van der Waals surface area contributed by atoms with Crippen LogP contribution in [0.15, 0.2) is 16.6 Å². The number of benzene rings is 1. The van der Waals surface area contributed by atoms with Crippen LogP contribution < -0.4 is 4.74 Å². The lowest BCUT2D eigenvalue weighted by atomic mass is 9.52. The first-order valence-corrected chi connectivity index (χ1v) is 4.92. The second-order valence-corrected chi connectivity index (χ2v) is 4.77. The molecule has 0 amide bonds. The zero-order valence-electron chi connectivity index (χ0n) is 8.20. The lowest BCUT2D eigenvalue weighted by molar-refractivity contribution is 0.313. The van der Waals surface area contributed by atoms with Crippen LogP contribution in [0.3, 0.4) is 0 Å². The standard InChI is InChI=1S/C7H8B3BrF2O/c8-7(9,10)14-6-2-5(13)4(12)1-3(6)11/h1-2H,8-10H2. The van der Waals surface area contributed by atoms with Crippen LogP contribution in [0, 0.1) is 11.6 Å². The summed E-state index contributed by atoms with van der Waals surface area (Å²) in [7, 11) is 5.50. The number of hydrogen-bond acceptors (Lipinski definition) is 1. The Hall–Kier alpha value is -0.445. The van der Waals surface area contributed by atoms with Gasteiger partial charge in [0.15, 0.2) is 11.6 Å². The summed E-state index contributed by atoms with van der Waals surface area (Å²) in [6.07, 6.45) is 0. The summed E-state index contributed by atoms with van der Waals surface area (Å²) in [5, 5.41) is -0.438. The van der Waals surface area contributed by atoms with Crippen LogP contribution in [0.25, 0.3) is 0 Å². The Balaban J connectivity index is 3.04. The van der Waals surface area contributed by atoms with E-state index < -0.39 is 16.9 Å². The van der Waals surface area contributed by atoms with E-state index >= 15 is 0 Å². The van der Waals surface area contributed by atoms with Crippen molar-refractivity contribution in [2.24, 2.45) is 0 Å². The first-order chi connectivity index (χ1) is 6.29. The average molecular weight is 258 g/mol. The number of rotatable bonds is 2. The highest BCUT2D eigenvalue weighted by Gasteiger charge is 2.16. The third kappa shape index (κ3) is 3.05. The van der Waals surface area contributed by atoms with Crippen LogP contribution >= 0.6 is 15.9 Å². The highest BCUT2D eigenvalue weighted by Crippen LogP contribution is 2.28. The van der Waals surface area contributed by atoms with E-state index in [1.54, 1.807) is 0 Å². The molecule has 0 aliphatic rings. The van der Waals surface area contributed by atoms with E-state index in [-0.39, 0.29) is 0 Å². The molecule has 0 saturated carbocycles. The van der Waals surface area contributed by atoms with Crippen LogP contribution in [0.2, 0.25) is 0 Å². The van der Waals surface area contributed by atoms with E-state index in [1.165, 1.54) is 0 Å². The van der Waals surface area contributed by atoms with Crippen LogP contribution in [0.4, 0.5) is 8.78 Å². The predicted octanol–water partition coefficient (Wildman–Crippen LogP) is -0.383. The molecule has 0 radical (unpaired) electrons. The van der Waals surface area contributed by atoms with E-state index in [2.05, 4.69) is 15.9 Å². The molecule has 0 aliphatic carbocycles. The maximum Gasteiger partial charge on any atom is 0.162 e. The van der Waals surface area contributed by atoms with Crippen molar-refractivity contribution in [3.63, 3.8) is 0 Å². The number of halogens is 3. The van der Waals surface area contributed by atoms with Crippen LogP contribution in [-0.2, 0) is 0 Å². The largest absolute Gasteiger partial charge is 0.512 e. The topological polar surface area (TPSA) is 9.23 Å². The molecule has 72 valence electrons. The molecule has 1 rings (SSSR count). The van der Waals surface area contributed by atoms with Gasteiger partial charge in [-0.25, -0.2) is 8.78 Å². The molecular weight excluding hydrogens is 250 g/mol. The molecule has 1 nitrogen and oxygen atoms in total. The molecule has 14 heavy (non-hydrogen) atoms. The van der Waals surface area contributed by atoms with Crippen molar-refractivity contribution in [1.82, 2.24) is 0 Å². The van der Waals surface area contributed by atoms with Crippen molar-refractivity contribution in [2.45, 2.75) is 5.30 Å². The Morgan fingerprint density at radius 1 is 1.14 bits per heavy atom. The fourth-order valence-corrected chi connectivity index (χ4v) is 1.31. The monoisotopic (exact) mass is 258 g/mol. The van der Waals surface area contributed by atoms with Gasteiger partial charge in [-0.2, -0.15) is 0 Å². The van der Waals surface area contributed by atoms with Crippen molar-refractivity contribution in [3.05, 3.63) is 28.2 Å². The number of ether oxygens (including phenoxy) is 1. The van der Waals surface area contributed by atoms with E-state index in [9.17, 15) is 8.78 Å². The molecule has 1 aromatic carbocycles. The van der Waals surface area contributed by atoms with Gasteiger partial charge in [-0.05, 0) is 22.0 Å². The molecule has 7 heteroatoms. The van der Waals surface area contributed by atoms with Gasteiger partial charge in [-0.1, -0.05) is 0 Å². The Labute approximate surface area is 92.6 Å². The first kappa shape index (κ1) is 11.6. The average Bonchev–Trinajstić information content (AvgIpc) is 1.97. The Bertz CT molecular complexity index is 354. The Kier molecular flexibility index (Phi) is 3.30. The van der Waals surface area contributed by atoms with Gasteiger partial charge >= 0.3 is 0 Å². The van der Waals surface area contributed by atoms with Gasteiger partial charge in [-0.15, -0.1) is 0 Å². The van der Waals surface area contributed by atoms with Gasteiger partial charge in [0.05, 0.1) is 4.47 Å². The zero-order chi connectivity index (χ0) is 10.9. The molecule has 0 spiro atoms. The van der Waals surface area contributed by atoms with E-state index in [1.807, 2.05) is 23.5 Å². The summed E-state index contributed by atoms with van der Waals surface area (Å²) in [4.78, 5) is 0. The molecular formula is C7H8B3BrF2O. The van der Waals surface area contributed by atoms with E-state index in [0.717, 1.165) is 12.1 Å². The Morgan fingerprint density at radius 3 is 2.14 bits per heavy atom. The molecule has 0 aromatic heterocycles. The van der Waals surface area contributed by atoms with Gasteiger partial charge < -0.3 is 4.74 Å². The summed E-state index contributed by atoms with van der Waals surface area (Å²) < 4.78 is 31.4. The van der Waals surface area contributed by atoms with Crippen molar-refractivity contribution in [3.8, 4) is 5.75 Å². The van der Waals surface area contributed by atoms with Crippen molar-refractivity contribution in [1.29, 1.82) is 0 Å². The zero-order valence-corrected chi connectivity index (χ0v) is 9.78. The second kappa shape index (κ2) is 3.97. The van der Waals surface area contributed by atoms with Crippen molar-refractivity contribution >= 4 is 39.5 Å². The highest BCUT2D eigenvalue weighted by atomic mass is 79.9. The maximum absolute atomic E-state index is 12.9. The predicted molar refractivity (Wildman–Crippen MR) is 63.0 cm³/mol. The first-order valence-electron chi connectivity index (χ1n) is 4.13. The third-order valence-corrected chi connectivity index (χ3v) is 2.01. The molecule has 0 bridgehead atoms. The second-order valence-electron chi connectivity index (χ2n) is 3.91. The van der Waals surface area contributed by atoms with Gasteiger partial charge in [-0.3, -0.25) is 0 Å². The molecule has 0 heterocycles. The summed E-state index contributed by atoms with van der Waals surface area (Å²) in [6.45, 7) is 0. The van der Waals surface area contributed by atoms with Crippen molar-refractivity contribution in [2.75, 3.05) is 0 Å². The lowest BCUT2D eigenvalue weighted by Crippen LogP contribution is -2.37.